The van der Waals surface area contributed by atoms with Crippen molar-refractivity contribution in [1.29, 1.82) is 0 Å². The van der Waals surface area contributed by atoms with Crippen LogP contribution in [0.15, 0.2) is 34.0 Å². The number of cyclic esters (lactones) is 1. The molecule has 0 aliphatic carbocycles. The molecule has 7 atom stereocenters. The average Bonchev–Trinajstić information content (AvgIpc) is 2.76. The molecule has 0 unspecified atom stereocenters. The molecular weight excluding hydrogens is 535 g/mol. The lowest BCUT2D eigenvalue weighted by molar-refractivity contribution is -0.154. The van der Waals surface area contributed by atoms with E-state index in [1.165, 1.54) is 7.11 Å². The third-order valence-electron chi connectivity index (χ3n) is 6.67. The summed E-state index contributed by atoms with van der Waals surface area (Å²) < 4.78 is 25.4. The summed E-state index contributed by atoms with van der Waals surface area (Å²) in [7, 11) is 1.38. The molecule has 0 spiro atoms. The molecule has 2 saturated heterocycles. The van der Waals surface area contributed by atoms with Crippen molar-refractivity contribution in [2.24, 2.45) is 11.8 Å². The Morgan fingerprint density at radius 2 is 1.73 bits per heavy atom. The molecule has 4 bridgehead atoms. The first-order valence-electron chi connectivity index (χ1n) is 12.1. The summed E-state index contributed by atoms with van der Waals surface area (Å²) in [5.74, 6) is -0.212. The second-order valence-electron chi connectivity index (χ2n) is 9.59. The second-order valence-corrected chi connectivity index (χ2v) is 10.3. The summed E-state index contributed by atoms with van der Waals surface area (Å²) in [6.45, 7) is 4.28. The van der Waals surface area contributed by atoms with E-state index in [9.17, 15) is 9.59 Å². The zero-order valence-electron chi connectivity index (χ0n) is 19.9. The lowest BCUT2D eigenvalue weighted by Crippen LogP contribution is -2.37. The van der Waals surface area contributed by atoms with Crippen LogP contribution in [0, 0.1) is 11.8 Å². The molecule has 0 aromatic rings. The monoisotopic (exact) mass is 572 g/mol. The van der Waals surface area contributed by atoms with Gasteiger partial charge in [-0.1, -0.05) is 54.2 Å². The summed E-state index contributed by atoms with van der Waals surface area (Å²) in [5.41, 5.74) is 0.956. The zero-order chi connectivity index (χ0) is 23.8. The average molecular weight is 572 g/mol. The van der Waals surface area contributed by atoms with Gasteiger partial charge < -0.3 is 18.9 Å². The standard InChI is InChI=1S/C26H37IO6/c1-17-7-8-18(2)24(9-10-27)33-26(29)16-23-13-19(14-25(28)30-3)12-22(32-23)15-21-6-4-5-20(11-17)31-21/h7-10,14,17-18,20-24H,4-6,11-13,15-16H2,1-3H3/b8-7-,10-9+,19-14-/t17-,18-,20-,21+,22-,23+,24-/m0/s1. The zero-order valence-corrected chi connectivity index (χ0v) is 22.1. The van der Waals surface area contributed by atoms with E-state index < -0.39 is 0 Å². The van der Waals surface area contributed by atoms with Crippen LogP contribution in [0.1, 0.15) is 65.2 Å². The van der Waals surface area contributed by atoms with Crippen LogP contribution in [0.4, 0.5) is 0 Å². The smallest absolute Gasteiger partial charge is 0.330 e. The van der Waals surface area contributed by atoms with Crippen molar-refractivity contribution in [2.45, 2.75) is 95.7 Å². The van der Waals surface area contributed by atoms with E-state index in [2.05, 4.69) is 48.6 Å². The van der Waals surface area contributed by atoms with Crippen molar-refractivity contribution in [3.8, 4) is 0 Å². The van der Waals surface area contributed by atoms with Gasteiger partial charge in [-0.2, -0.15) is 0 Å². The van der Waals surface area contributed by atoms with E-state index in [4.69, 9.17) is 18.9 Å². The maximum Gasteiger partial charge on any atom is 0.330 e. The largest absolute Gasteiger partial charge is 0.466 e. The SMILES string of the molecule is COC(=O)/C=C1\C[C@@H]2CC(=O)O[C@@H](/C=C/I)[C@@H](C)/C=C\[C@H](C)C[C@@H]3CCC[C@H](C[C@H](C1)O2)O3. The molecule has 0 N–H and O–H groups in total. The van der Waals surface area contributed by atoms with Gasteiger partial charge in [0.2, 0.25) is 0 Å². The van der Waals surface area contributed by atoms with Crippen molar-refractivity contribution in [2.75, 3.05) is 7.11 Å². The fourth-order valence-electron chi connectivity index (χ4n) is 5.01. The predicted molar refractivity (Wildman–Crippen MR) is 135 cm³/mol. The molecule has 2 fully saturated rings. The van der Waals surface area contributed by atoms with Crippen LogP contribution in [0.3, 0.4) is 0 Å². The highest BCUT2D eigenvalue weighted by molar-refractivity contribution is 14.1. The summed E-state index contributed by atoms with van der Waals surface area (Å²) in [5, 5.41) is 0. The lowest BCUT2D eigenvalue weighted by atomic mass is 9.89. The fraction of sp³-hybridized carbons (Fsp3) is 0.692. The van der Waals surface area contributed by atoms with Crippen molar-refractivity contribution in [1.82, 2.24) is 0 Å². The minimum Gasteiger partial charge on any atom is -0.466 e. The van der Waals surface area contributed by atoms with Gasteiger partial charge in [0, 0.05) is 18.4 Å². The number of methoxy groups -OCH3 is 1. The first-order chi connectivity index (χ1) is 15.9. The Bertz CT molecular complexity index is 760. The molecule has 6 nitrogen and oxygen atoms in total. The second kappa shape index (κ2) is 13.0. The maximum absolute atomic E-state index is 12.8. The Hall–Kier alpha value is -1.19. The summed E-state index contributed by atoms with van der Waals surface area (Å²) in [6, 6.07) is 0. The molecule has 184 valence electrons. The van der Waals surface area contributed by atoms with Crippen molar-refractivity contribution < 1.29 is 28.5 Å². The lowest BCUT2D eigenvalue weighted by Gasteiger charge is -2.37. The number of carbonyl (C=O) groups excluding carboxylic acids is 2. The van der Waals surface area contributed by atoms with Crippen molar-refractivity contribution >= 4 is 34.5 Å². The quantitative estimate of drug-likeness (QED) is 0.190. The number of carbonyl (C=O) groups is 2. The van der Waals surface area contributed by atoms with E-state index in [0.717, 1.165) is 37.7 Å². The molecule has 3 heterocycles. The number of rotatable bonds is 2. The van der Waals surface area contributed by atoms with Gasteiger partial charge >= 0.3 is 11.9 Å². The van der Waals surface area contributed by atoms with Crippen molar-refractivity contribution in [3.05, 3.63) is 34.0 Å². The van der Waals surface area contributed by atoms with Gasteiger partial charge in [0.15, 0.2) is 0 Å². The van der Waals surface area contributed by atoms with Gasteiger partial charge in [-0.25, -0.2) is 4.79 Å². The molecule has 3 rings (SSSR count). The predicted octanol–water partition coefficient (Wildman–Crippen LogP) is 5.44. The van der Waals surface area contributed by atoms with E-state index in [1.807, 2.05) is 10.2 Å². The number of hydrogen-bond donors (Lipinski definition) is 0. The van der Waals surface area contributed by atoms with Gasteiger partial charge in [-0.15, -0.1) is 0 Å². The molecule has 0 aromatic carbocycles. The number of halogens is 1. The van der Waals surface area contributed by atoms with Gasteiger partial charge in [0.25, 0.3) is 0 Å². The van der Waals surface area contributed by atoms with Crippen LogP contribution in [0.2, 0.25) is 0 Å². The fourth-order valence-corrected chi connectivity index (χ4v) is 5.42. The van der Waals surface area contributed by atoms with Gasteiger partial charge in [-0.3, -0.25) is 4.79 Å². The number of allylic oxidation sites excluding steroid dienone is 1. The van der Waals surface area contributed by atoms with E-state index in [1.54, 1.807) is 6.08 Å². The minimum atomic E-state index is -0.370. The first kappa shape index (κ1) is 26.4. The summed E-state index contributed by atoms with van der Waals surface area (Å²) in [4.78, 5) is 24.7. The molecule has 0 saturated carbocycles. The molecular formula is C26H37IO6. The Balaban J connectivity index is 1.83. The van der Waals surface area contributed by atoms with Crippen LogP contribution in [-0.2, 0) is 28.5 Å². The highest BCUT2D eigenvalue weighted by Crippen LogP contribution is 2.33. The Labute approximate surface area is 211 Å². The highest BCUT2D eigenvalue weighted by Gasteiger charge is 2.33. The molecule has 3 aliphatic heterocycles. The summed E-state index contributed by atoms with van der Waals surface area (Å²) in [6.07, 6.45) is 13.8. The van der Waals surface area contributed by atoms with E-state index in [-0.39, 0.29) is 54.8 Å². The highest BCUT2D eigenvalue weighted by atomic mass is 127. The van der Waals surface area contributed by atoms with Crippen molar-refractivity contribution in [3.63, 3.8) is 0 Å². The van der Waals surface area contributed by atoms with Crippen LogP contribution in [0.5, 0.6) is 0 Å². The number of hydrogen-bond acceptors (Lipinski definition) is 6. The Kier molecular flexibility index (Phi) is 10.4. The van der Waals surface area contributed by atoms with Gasteiger partial charge in [-0.05, 0) is 54.6 Å². The molecule has 7 heteroatoms. The topological polar surface area (TPSA) is 71.1 Å². The first-order valence-corrected chi connectivity index (χ1v) is 13.3. The molecule has 0 amide bonds. The van der Waals surface area contributed by atoms with Gasteiger partial charge in [0.1, 0.15) is 6.10 Å². The Morgan fingerprint density at radius 3 is 2.45 bits per heavy atom. The minimum absolute atomic E-state index is 0.0603. The number of fused-ring (bicyclic) bond motifs is 4. The molecule has 0 radical (unpaired) electrons. The van der Waals surface area contributed by atoms with Crippen LogP contribution in [-0.4, -0.2) is 49.6 Å². The van der Waals surface area contributed by atoms with Crippen LogP contribution in [0.25, 0.3) is 0 Å². The normalized spacial score (nSPS) is 38.6. The maximum atomic E-state index is 12.8. The third kappa shape index (κ3) is 8.51. The molecule has 3 aliphatic rings. The van der Waals surface area contributed by atoms with E-state index in [0.29, 0.717) is 18.8 Å². The van der Waals surface area contributed by atoms with Crippen LogP contribution >= 0.6 is 22.6 Å². The molecule has 33 heavy (non-hydrogen) atoms. The third-order valence-corrected chi connectivity index (χ3v) is 7.09. The van der Waals surface area contributed by atoms with Crippen LogP contribution < -0.4 is 0 Å². The molecule has 0 aromatic heterocycles. The summed E-state index contributed by atoms with van der Waals surface area (Å²) >= 11 is 2.15. The van der Waals surface area contributed by atoms with E-state index >= 15 is 0 Å². The number of ether oxygens (including phenoxy) is 4. The number of esters is 2. The van der Waals surface area contributed by atoms with Gasteiger partial charge in [0.05, 0.1) is 37.9 Å². The Morgan fingerprint density at radius 1 is 1.03 bits per heavy atom.